The number of carbonyl (C=O) groups is 3. The summed E-state index contributed by atoms with van der Waals surface area (Å²) in [5, 5.41) is 0. The van der Waals surface area contributed by atoms with Gasteiger partial charge in [-0.2, -0.15) is 0 Å². The Balaban J connectivity index is 4.50. The fourth-order valence-corrected chi connectivity index (χ4v) is 7.57. The van der Waals surface area contributed by atoms with Crippen molar-refractivity contribution < 1.29 is 28.6 Å². The highest BCUT2D eigenvalue weighted by atomic mass is 16.6. The molecule has 0 saturated heterocycles. The molecule has 0 fully saturated rings. The van der Waals surface area contributed by atoms with E-state index in [-0.39, 0.29) is 37.5 Å². The Bertz CT molecular complexity index is 1500. The lowest BCUT2D eigenvalue weighted by Gasteiger charge is -2.18. The van der Waals surface area contributed by atoms with Gasteiger partial charge in [0.2, 0.25) is 0 Å². The highest BCUT2D eigenvalue weighted by Crippen LogP contribution is 2.14. The second kappa shape index (κ2) is 58.4. The first kappa shape index (κ1) is 66.8. The first-order valence-electron chi connectivity index (χ1n) is 29.0. The summed E-state index contributed by atoms with van der Waals surface area (Å²) in [6.07, 6.45) is 80.5. The Morgan fingerprint density at radius 3 is 0.958 bits per heavy atom. The van der Waals surface area contributed by atoms with E-state index in [1.54, 1.807) is 0 Å². The fraction of sp³-hybridized carbons (Fsp3) is 0.646. The van der Waals surface area contributed by atoms with Crippen molar-refractivity contribution in [2.75, 3.05) is 13.2 Å². The van der Waals surface area contributed by atoms with E-state index in [0.717, 1.165) is 116 Å². The molecule has 71 heavy (non-hydrogen) atoms. The molecule has 0 amide bonds. The maximum Gasteiger partial charge on any atom is 0.306 e. The summed E-state index contributed by atoms with van der Waals surface area (Å²) in [6.45, 7) is 6.42. The van der Waals surface area contributed by atoms with Crippen molar-refractivity contribution in [2.24, 2.45) is 0 Å². The molecule has 402 valence electrons. The van der Waals surface area contributed by atoms with Crippen LogP contribution in [0.15, 0.2) is 122 Å². The molecule has 0 aromatic heterocycles. The van der Waals surface area contributed by atoms with Crippen molar-refractivity contribution >= 4 is 17.9 Å². The van der Waals surface area contributed by atoms with Crippen molar-refractivity contribution in [3.63, 3.8) is 0 Å². The lowest BCUT2D eigenvalue weighted by molar-refractivity contribution is -0.167. The van der Waals surface area contributed by atoms with Crippen molar-refractivity contribution in [2.45, 2.75) is 258 Å². The number of unbranched alkanes of at least 4 members (excludes halogenated alkanes) is 20. The van der Waals surface area contributed by atoms with Crippen LogP contribution in [0.4, 0.5) is 0 Å². The monoisotopic (exact) mass is 983 g/mol. The molecular weight excluding hydrogens is 877 g/mol. The smallest absolute Gasteiger partial charge is 0.306 e. The van der Waals surface area contributed by atoms with Crippen LogP contribution < -0.4 is 0 Å². The number of esters is 3. The van der Waals surface area contributed by atoms with Gasteiger partial charge in [-0.1, -0.05) is 226 Å². The maximum atomic E-state index is 12.9. The summed E-state index contributed by atoms with van der Waals surface area (Å²) < 4.78 is 16.8. The Labute approximate surface area is 437 Å². The molecule has 1 unspecified atom stereocenters. The average molecular weight is 984 g/mol. The van der Waals surface area contributed by atoms with Crippen LogP contribution in [-0.4, -0.2) is 37.2 Å². The minimum Gasteiger partial charge on any atom is -0.462 e. The molecule has 0 aromatic carbocycles. The van der Waals surface area contributed by atoms with Gasteiger partial charge in [-0.3, -0.25) is 14.4 Å². The zero-order valence-electron chi connectivity index (χ0n) is 45.9. The highest BCUT2D eigenvalue weighted by Gasteiger charge is 2.19. The van der Waals surface area contributed by atoms with Gasteiger partial charge in [0.05, 0.1) is 0 Å². The van der Waals surface area contributed by atoms with E-state index in [1.807, 2.05) is 0 Å². The van der Waals surface area contributed by atoms with Crippen LogP contribution in [0, 0.1) is 0 Å². The largest absolute Gasteiger partial charge is 0.462 e. The van der Waals surface area contributed by atoms with Gasteiger partial charge in [0, 0.05) is 19.3 Å². The maximum absolute atomic E-state index is 12.9. The number of hydrogen-bond donors (Lipinski definition) is 0. The second-order valence-electron chi connectivity index (χ2n) is 18.8. The second-order valence-corrected chi connectivity index (χ2v) is 18.8. The summed E-state index contributed by atoms with van der Waals surface area (Å²) in [4.78, 5) is 38.1. The highest BCUT2D eigenvalue weighted by molar-refractivity contribution is 5.71. The van der Waals surface area contributed by atoms with Crippen LogP contribution in [0.3, 0.4) is 0 Å². The summed E-state index contributed by atoms with van der Waals surface area (Å²) in [5.41, 5.74) is 0. The van der Waals surface area contributed by atoms with Crippen molar-refractivity contribution in [1.82, 2.24) is 0 Å². The normalized spacial score (nSPS) is 13.0. The topological polar surface area (TPSA) is 78.9 Å². The van der Waals surface area contributed by atoms with E-state index in [0.29, 0.717) is 19.3 Å². The van der Waals surface area contributed by atoms with Gasteiger partial charge >= 0.3 is 17.9 Å². The van der Waals surface area contributed by atoms with Crippen molar-refractivity contribution in [3.05, 3.63) is 122 Å². The molecule has 0 aromatic rings. The average Bonchev–Trinajstić information content (AvgIpc) is 3.37. The summed E-state index contributed by atoms with van der Waals surface area (Å²) >= 11 is 0. The molecule has 6 nitrogen and oxygen atoms in total. The Morgan fingerprint density at radius 1 is 0.296 bits per heavy atom. The van der Waals surface area contributed by atoms with E-state index >= 15 is 0 Å². The zero-order valence-corrected chi connectivity index (χ0v) is 45.9. The number of ether oxygens (including phenoxy) is 3. The van der Waals surface area contributed by atoms with Crippen molar-refractivity contribution in [1.29, 1.82) is 0 Å². The third-order valence-corrected chi connectivity index (χ3v) is 11.9. The van der Waals surface area contributed by atoms with Gasteiger partial charge < -0.3 is 14.2 Å². The number of rotatable bonds is 51. The lowest BCUT2D eigenvalue weighted by Crippen LogP contribution is -2.30. The molecule has 0 aliphatic rings. The van der Waals surface area contributed by atoms with E-state index in [1.165, 1.54) is 89.9 Å². The minimum absolute atomic E-state index is 0.106. The molecule has 0 aliphatic carbocycles. The van der Waals surface area contributed by atoms with Crippen LogP contribution in [0.2, 0.25) is 0 Å². The lowest BCUT2D eigenvalue weighted by atomic mass is 10.1. The first-order chi connectivity index (χ1) is 35.0. The number of carbonyl (C=O) groups excluding carboxylic acids is 3. The quantitative estimate of drug-likeness (QED) is 0.0261. The summed E-state index contributed by atoms with van der Waals surface area (Å²) in [5.74, 6) is -0.986. The van der Waals surface area contributed by atoms with E-state index in [4.69, 9.17) is 14.2 Å². The number of hydrogen-bond acceptors (Lipinski definition) is 6. The van der Waals surface area contributed by atoms with Gasteiger partial charge in [0.15, 0.2) is 6.10 Å². The Kier molecular flexibility index (Phi) is 54.9. The molecule has 0 spiro atoms. The Hall–Kier alpha value is -4.19. The third-order valence-electron chi connectivity index (χ3n) is 11.9. The number of allylic oxidation sites excluding steroid dienone is 20. The van der Waals surface area contributed by atoms with Gasteiger partial charge in [-0.15, -0.1) is 0 Å². The minimum atomic E-state index is -0.813. The van der Waals surface area contributed by atoms with Gasteiger partial charge in [-0.25, -0.2) is 0 Å². The Morgan fingerprint density at radius 2 is 0.563 bits per heavy atom. The van der Waals surface area contributed by atoms with Crippen LogP contribution in [-0.2, 0) is 28.6 Å². The summed E-state index contributed by atoms with van der Waals surface area (Å²) in [7, 11) is 0. The van der Waals surface area contributed by atoms with E-state index < -0.39 is 6.10 Å². The third kappa shape index (κ3) is 56.6. The van der Waals surface area contributed by atoms with Crippen molar-refractivity contribution in [3.8, 4) is 0 Å². The molecular formula is C65H106O6. The molecule has 6 heteroatoms. The van der Waals surface area contributed by atoms with E-state index in [2.05, 4.69) is 142 Å². The molecule has 0 N–H and O–H groups in total. The van der Waals surface area contributed by atoms with E-state index in [9.17, 15) is 14.4 Å². The molecule has 0 bridgehead atoms. The first-order valence-corrected chi connectivity index (χ1v) is 29.0. The predicted octanol–water partition coefficient (Wildman–Crippen LogP) is 19.6. The SMILES string of the molecule is CC/C=C\C/C=C\C/C=C\C/C=C\C/C=C\C/C=C\C/C=C\CCCC(=O)OCC(COC(=O)CCCCCCC/C=C\CCCCCC)OC(=O)CCCCCCCCC/C=C\C/C=C\CCCCC. The molecule has 1 atom stereocenters. The zero-order chi connectivity index (χ0) is 51.4. The van der Waals surface area contributed by atoms with Crippen LogP contribution in [0.5, 0.6) is 0 Å². The van der Waals surface area contributed by atoms with Gasteiger partial charge in [-0.05, 0) is 128 Å². The van der Waals surface area contributed by atoms with Crippen LogP contribution >= 0.6 is 0 Å². The van der Waals surface area contributed by atoms with Gasteiger partial charge in [0.25, 0.3) is 0 Å². The summed E-state index contributed by atoms with van der Waals surface area (Å²) in [6, 6.07) is 0. The molecule has 0 heterocycles. The molecule has 0 rings (SSSR count). The standard InChI is InChI=1S/C65H106O6/c1-4-7-10-13-16-19-22-25-27-29-30-31-32-33-34-36-37-40-43-46-49-52-55-58-64(67)70-61-62(60-69-63(66)57-54-51-48-45-42-39-24-21-18-15-12-9-6-3)71-65(68)59-56-53-50-47-44-41-38-35-28-26-23-20-17-14-11-8-5-2/h7,10,16-17,19-21,24-28,30-31,33-34,37,40,46,49,62H,4-6,8-9,11-15,18,22-23,29,32,35-36,38-39,41-45,47-48,50-61H2,1-3H3/b10-7-,19-16-,20-17-,24-21-,27-25-,28-26-,31-30-,34-33-,40-37-,49-46-. The van der Waals surface area contributed by atoms with Crippen LogP contribution in [0.25, 0.3) is 0 Å². The molecule has 0 saturated carbocycles. The fourth-order valence-electron chi connectivity index (χ4n) is 7.57. The molecule has 0 radical (unpaired) electrons. The van der Waals surface area contributed by atoms with Gasteiger partial charge in [0.1, 0.15) is 13.2 Å². The predicted molar refractivity (Wildman–Crippen MR) is 306 cm³/mol. The molecule has 0 aliphatic heterocycles. The van der Waals surface area contributed by atoms with Crippen LogP contribution in [0.1, 0.15) is 252 Å².